The van der Waals surface area contributed by atoms with E-state index in [0.29, 0.717) is 21.9 Å². The van der Waals surface area contributed by atoms with E-state index in [-0.39, 0.29) is 61.7 Å². The first kappa shape index (κ1) is 16.0. The Labute approximate surface area is 311 Å². The third-order valence-electron chi connectivity index (χ3n) is 8.29. The number of fused-ring (bicyclic) bond motifs is 6. The minimum Gasteiger partial charge on any atom is -0.456 e. The van der Waals surface area contributed by atoms with Crippen molar-refractivity contribution < 1.29 is 27.7 Å². The molecule has 7 aromatic carbocycles. The average Bonchev–Trinajstić information content (AvgIpc) is 3.90. The highest BCUT2D eigenvalue weighted by molar-refractivity contribution is 6.13. The zero-order valence-electron chi connectivity index (χ0n) is 42.5. The molecule has 5 nitrogen and oxygen atoms in total. The molecule has 0 aliphatic heterocycles. The van der Waals surface area contributed by atoms with Crippen LogP contribution in [0, 0.1) is 0 Å². The van der Waals surface area contributed by atoms with Crippen molar-refractivity contribution in [3.8, 4) is 51.0 Å². The van der Waals surface area contributed by atoms with Crippen LogP contribution in [0.4, 0.5) is 0 Å². The summed E-state index contributed by atoms with van der Waals surface area (Å²) in [5.74, 6) is -0.0943. The van der Waals surface area contributed by atoms with Gasteiger partial charge in [0.25, 0.3) is 0 Å². The van der Waals surface area contributed by atoms with Crippen molar-refractivity contribution in [3.63, 3.8) is 0 Å². The van der Waals surface area contributed by atoms with Gasteiger partial charge in [-0.1, -0.05) is 133 Å². The number of aromatic nitrogens is 4. The lowest BCUT2D eigenvalue weighted by molar-refractivity contribution is 0.669. The fourth-order valence-corrected chi connectivity index (χ4v) is 6.08. The van der Waals surface area contributed by atoms with E-state index < -0.39 is 114 Å². The fourth-order valence-electron chi connectivity index (χ4n) is 6.08. The Morgan fingerprint density at radius 1 is 0.480 bits per heavy atom. The van der Waals surface area contributed by atoms with Crippen LogP contribution in [0.3, 0.4) is 0 Å². The molecule has 0 saturated carbocycles. The van der Waals surface area contributed by atoms with Crippen molar-refractivity contribution in [2.75, 3.05) is 0 Å². The van der Waals surface area contributed by atoms with Gasteiger partial charge in [0.05, 0.1) is 34.3 Å². The third kappa shape index (κ3) is 4.60. The molecule has 50 heavy (non-hydrogen) atoms. The van der Waals surface area contributed by atoms with Gasteiger partial charge in [0, 0.05) is 32.7 Å². The van der Waals surface area contributed by atoms with Crippen LogP contribution in [0.5, 0.6) is 0 Å². The van der Waals surface area contributed by atoms with Gasteiger partial charge in [-0.2, -0.15) is 9.97 Å². The van der Waals surface area contributed by atoms with Crippen molar-refractivity contribution in [2.45, 2.75) is 0 Å². The first-order valence-corrected chi connectivity index (χ1v) is 15.3. The molecule has 0 aliphatic rings. The summed E-state index contributed by atoms with van der Waals surface area (Å²) in [7, 11) is 0. The van der Waals surface area contributed by atoms with Crippen LogP contribution in [0.15, 0.2) is 174 Å². The molecule has 0 radical (unpaired) electrons. The molecule has 0 fully saturated rings. The summed E-state index contributed by atoms with van der Waals surface area (Å²) in [6, 6.07) is 8.31. The molecule has 0 bridgehead atoms. The van der Waals surface area contributed by atoms with E-state index in [1.54, 1.807) is 66.7 Å². The van der Waals surface area contributed by atoms with Gasteiger partial charge in [-0.15, -0.1) is 0 Å². The highest BCUT2D eigenvalue weighted by Gasteiger charge is 2.19. The van der Waals surface area contributed by atoms with Gasteiger partial charge < -0.3 is 4.42 Å². The molecular weight excluding hydrogens is 613 g/mol. The molecule has 0 N–H and O–H groups in total. The van der Waals surface area contributed by atoms with E-state index in [9.17, 15) is 1.37 Å². The number of para-hydroxylation sites is 2. The Balaban J connectivity index is 1.23. The minimum absolute atomic E-state index is 0.0261. The molecule has 3 aromatic heterocycles. The number of furan rings is 1. The normalized spacial score (nSPS) is 16.4. The molecule has 10 rings (SSSR count). The minimum atomic E-state index is -0.687. The second kappa shape index (κ2) is 11.4. The summed E-state index contributed by atoms with van der Waals surface area (Å²) in [5.41, 5.74) is 0.265. The van der Waals surface area contributed by atoms with Crippen LogP contribution in [0.25, 0.3) is 94.7 Å². The van der Waals surface area contributed by atoms with Gasteiger partial charge in [-0.3, -0.25) is 4.57 Å². The van der Waals surface area contributed by atoms with Crippen LogP contribution in [-0.4, -0.2) is 19.5 Å². The van der Waals surface area contributed by atoms with Crippen LogP contribution in [0.1, 0.15) is 23.3 Å². The molecule has 0 saturated heterocycles. The zero-order valence-corrected chi connectivity index (χ0v) is 25.5. The topological polar surface area (TPSA) is 56.7 Å². The Morgan fingerprint density at radius 2 is 1.16 bits per heavy atom. The molecule has 0 unspecified atom stereocenters. The summed E-state index contributed by atoms with van der Waals surface area (Å²) in [6.07, 6.45) is 0. The maximum atomic E-state index is 9.34. The van der Waals surface area contributed by atoms with Gasteiger partial charge >= 0.3 is 0 Å². The monoisotopic (exact) mass is 657 g/mol. The molecule has 3 heterocycles. The van der Waals surface area contributed by atoms with Gasteiger partial charge in [-0.05, 0) is 58.6 Å². The van der Waals surface area contributed by atoms with Gasteiger partial charge in [0.2, 0.25) is 5.95 Å². The zero-order chi connectivity index (χ0) is 47.8. The summed E-state index contributed by atoms with van der Waals surface area (Å²) in [5, 5.41) is 0.548. The highest BCUT2D eigenvalue weighted by atomic mass is 16.3. The predicted octanol–water partition coefficient (Wildman–Crippen LogP) is 11.5. The second-order valence-corrected chi connectivity index (χ2v) is 11.2. The Kier molecular flexibility index (Phi) is 3.65. The SMILES string of the molecule is [2H]c1c([2H])c([2H])c(-c2c([2H])c([2H])c([2H])c(-c3cccc4oc5cc(-c6nc(-c7ccccc7)nc(-n7c8c([2H])c([2H])c([2H])c([2H])c8c8c([2H])c([2H])c([2H])c([2H])c87)n6)ccc5c34)c2[2H])c([2H])c1[2H]. The standard InChI is InChI=1S/C45H28N4O/c1-3-13-29(14-4-1)31-17-11-18-32(27-31)34-21-12-24-40-42(34)37-26-25-33(28-41(37)50-40)44-46-43(30-15-5-2-6-16-30)47-45(48-44)49-38-22-9-7-19-35(38)36-20-8-10-23-39(36)49/h1-28H/i1D,3D,4D,7D,8D,9D,10D,11D,13D,14D,17D,18D,19D,20D,22D,23D,27D. The number of hydrogen-bond acceptors (Lipinski definition) is 4. The summed E-state index contributed by atoms with van der Waals surface area (Å²) in [4.78, 5) is 14.3. The van der Waals surface area contributed by atoms with Crippen LogP contribution in [0.2, 0.25) is 0 Å². The van der Waals surface area contributed by atoms with E-state index in [4.69, 9.17) is 41.3 Å². The van der Waals surface area contributed by atoms with Gasteiger partial charge in [0.1, 0.15) is 11.2 Å². The molecule has 0 atom stereocenters. The first-order chi connectivity index (χ1) is 31.8. The molecule has 10 aromatic rings. The van der Waals surface area contributed by atoms with Crippen molar-refractivity contribution in [3.05, 3.63) is 169 Å². The average molecular weight is 658 g/mol. The van der Waals surface area contributed by atoms with Crippen LogP contribution >= 0.6 is 0 Å². The quantitative estimate of drug-likeness (QED) is 0.185. The molecule has 5 heteroatoms. The number of nitrogens with zero attached hydrogens (tertiary/aromatic N) is 4. The summed E-state index contributed by atoms with van der Waals surface area (Å²) < 4.78 is 155. The lowest BCUT2D eigenvalue weighted by Crippen LogP contribution is -2.06. The molecule has 0 spiro atoms. The molecular formula is C45H28N4O. The Morgan fingerprint density at radius 3 is 1.94 bits per heavy atom. The maximum absolute atomic E-state index is 9.34. The van der Waals surface area contributed by atoms with Crippen molar-refractivity contribution in [1.29, 1.82) is 0 Å². The number of hydrogen-bond donors (Lipinski definition) is 0. The van der Waals surface area contributed by atoms with E-state index in [2.05, 4.69) is 0 Å². The van der Waals surface area contributed by atoms with Crippen LogP contribution < -0.4 is 0 Å². The lowest BCUT2D eigenvalue weighted by atomic mass is 9.96. The second-order valence-electron chi connectivity index (χ2n) is 11.2. The van der Waals surface area contributed by atoms with E-state index in [0.717, 1.165) is 0 Å². The van der Waals surface area contributed by atoms with E-state index in [1.165, 1.54) is 4.57 Å². The molecule has 0 amide bonds. The van der Waals surface area contributed by atoms with Gasteiger partial charge in [0.15, 0.2) is 11.6 Å². The largest absolute Gasteiger partial charge is 0.456 e. The molecule has 0 aliphatic carbocycles. The number of rotatable bonds is 5. The Hall–Kier alpha value is -6.85. The lowest BCUT2D eigenvalue weighted by Gasteiger charge is -2.11. The number of benzene rings is 7. The first-order valence-electron chi connectivity index (χ1n) is 23.8. The summed E-state index contributed by atoms with van der Waals surface area (Å²) >= 11 is 0. The maximum Gasteiger partial charge on any atom is 0.238 e. The van der Waals surface area contributed by atoms with Crippen LogP contribution in [-0.2, 0) is 0 Å². The van der Waals surface area contributed by atoms with E-state index in [1.807, 2.05) is 0 Å². The Bertz CT molecular complexity index is 3750. The fraction of sp³-hybridized carbons (Fsp3) is 0. The highest BCUT2D eigenvalue weighted by Crippen LogP contribution is 2.39. The smallest absolute Gasteiger partial charge is 0.238 e. The van der Waals surface area contributed by atoms with E-state index >= 15 is 0 Å². The molecule has 234 valence electrons. The van der Waals surface area contributed by atoms with Crippen molar-refractivity contribution >= 4 is 43.7 Å². The van der Waals surface area contributed by atoms with Crippen molar-refractivity contribution in [2.24, 2.45) is 0 Å². The summed E-state index contributed by atoms with van der Waals surface area (Å²) in [6.45, 7) is 0. The predicted molar refractivity (Wildman–Crippen MR) is 203 cm³/mol. The van der Waals surface area contributed by atoms with Crippen molar-refractivity contribution in [1.82, 2.24) is 19.5 Å². The van der Waals surface area contributed by atoms with Gasteiger partial charge in [-0.25, -0.2) is 4.98 Å². The third-order valence-corrected chi connectivity index (χ3v) is 8.29.